The third-order valence-electron chi connectivity index (χ3n) is 4.52. The van der Waals surface area contributed by atoms with E-state index in [0.29, 0.717) is 0 Å². The lowest BCUT2D eigenvalue weighted by molar-refractivity contribution is 0.160. The summed E-state index contributed by atoms with van der Waals surface area (Å²) in [6, 6.07) is 12.3. The molecule has 4 rings (SSSR count). The van der Waals surface area contributed by atoms with Gasteiger partial charge in [0.15, 0.2) is 0 Å². The van der Waals surface area contributed by atoms with Gasteiger partial charge in [0.1, 0.15) is 0 Å². The Bertz CT molecular complexity index is 355. The summed E-state index contributed by atoms with van der Waals surface area (Å²) in [5.74, 6) is 0.932. The van der Waals surface area contributed by atoms with Gasteiger partial charge >= 0.3 is 0 Å². The van der Waals surface area contributed by atoms with E-state index in [1.807, 2.05) is 0 Å². The van der Waals surface area contributed by atoms with Crippen LogP contribution in [0, 0.1) is 5.92 Å². The van der Waals surface area contributed by atoms with Crippen molar-refractivity contribution >= 4 is 0 Å². The first-order valence-corrected chi connectivity index (χ1v) is 7.42. The third-order valence-corrected chi connectivity index (χ3v) is 4.52. The topological polar surface area (TPSA) is 24.1 Å². The van der Waals surface area contributed by atoms with E-state index in [0.717, 1.165) is 24.5 Å². The molecule has 2 saturated heterocycles. The molecule has 0 aromatic heterocycles. The molecule has 0 radical (unpaired) electrons. The molecular weight excluding hydrogens is 220 g/mol. The minimum absolute atomic E-state index is 0.730. The molecular formula is C16H24N2. The van der Waals surface area contributed by atoms with E-state index in [-0.39, 0.29) is 0 Å². The highest BCUT2D eigenvalue weighted by molar-refractivity contribution is 5.14. The molecule has 1 aromatic rings. The number of aryl methyl sites for hydroxylation is 1. The second-order valence-corrected chi connectivity index (χ2v) is 5.84. The molecule has 1 aliphatic carbocycles. The summed E-state index contributed by atoms with van der Waals surface area (Å²) in [4.78, 5) is 0. The van der Waals surface area contributed by atoms with Crippen molar-refractivity contribution < 1.29 is 0 Å². The highest BCUT2D eigenvalue weighted by Crippen LogP contribution is 2.29. The molecule has 3 fully saturated rings. The monoisotopic (exact) mass is 244 g/mol. The van der Waals surface area contributed by atoms with E-state index < -0.39 is 0 Å². The van der Waals surface area contributed by atoms with Crippen molar-refractivity contribution in [2.75, 3.05) is 13.1 Å². The average molecular weight is 244 g/mol. The Kier molecular flexibility index (Phi) is 3.96. The molecule has 18 heavy (non-hydrogen) atoms. The van der Waals surface area contributed by atoms with Crippen molar-refractivity contribution in [1.29, 1.82) is 0 Å². The Balaban J connectivity index is 1.38. The van der Waals surface area contributed by atoms with Gasteiger partial charge in [0, 0.05) is 12.1 Å². The van der Waals surface area contributed by atoms with E-state index in [1.54, 1.807) is 0 Å². The first-order chi connectivity index (χ1) is 8.92. The van der Waals surface area contributed by atoms with Gasteiger partial charge < -0.3 is 10.6 Å². The number of fused-ring (bicyclic) bond motifs is 3. The van der Waals surface area contributed by atoms with Crippen molar-refractivity contribution in [3.8, 4) is 0 Å². The van der Waals surface area contributed by atoms with Crippen LogP contribution in [0.4, 0.5) is 0 Å². The molecule has 0 amide bonds. The highest BCUT2D eigenvalue weighted by Gasteiger charge is 2.34. The van der Waals surface area contributed by atoms with Crippen LogP contribution in [0.1, 0.15) is 31.2 Å². The van der Waals surface area contributed by atoms with E-state index in [4.69, 9.17) is 0 Å². The maximum absolute atomic E-state index is 3.76. The van der Waals surface area contributed by atoms with Crippen molar-refractivity contribution in [1.82, 2.24) is 10.6 Å². The van der Waals surface area contributed by atoms with Gasteiger partial charge in [-0.3, -0.25) is 0 Å². The summed E-state index contributed by atoms with van der Waals surface area (Å²) >= 11 is 0. The SMILES string of the molecule is c1ccc(CCCNC2CC3CCC2NC3)cc1. The van der Waals surface area contributed by atoms with Gasteiger partial charge in [-0.05, 0) is 56.7 Å². The maximum atomic E-state index is 3.76. The molecule has 98 valence electrons. The van der Waals surface area contributed by atoms with Gasteiger partial charge in [-0.25, -0.2) is 0 Å². The van der Waals surface area contributed by atoms with Crippen molar-refractivity contribution in [3.63, 3.8) is 0 Å². The maximum Gasteiger partial charge on any atom is 0.0224 e. The minimum Gasteiger partial charge on any atom is -0.312 e. The van der Waals surface area contributed by atoms with Crippen molar-refractivity contribution in [2.24, 2.45) is 5.92 Å². The number of benzene rings is 1. The Labute approximate surface area is 110 Å². The zero-order chi connectivity index (χ0) is 12.2. The smallest absolute Gasteiger partial charge is 0.0224 e. The van der Waals surface area contributed by atoms with Crippen LogP contribution in [0.2, 0.25) is 0 Å². The standard InChI is InChI=1S/C16H24N2/c1-2-5-13(6-3-1)7-4-10-17-16-11-14-8-9-15(16)18-12-14/h1-3,5-6,14-18H,4,7-12H2. The Morgan fingerprint density at radius 3 is 2.72 bits per heavy atom. The fraction of sp³-hybridized carbons (Fsp3) is 0.625. The van der Waals surface area contributed by atoms with Crippen LogP contribution in [0.25, 0.3) is 0 Å². The van der Waals surface area contributed by atoms with Crippen LogP contribution >= 0.6 is 0 Å². The Morgan fingerprint density at radius 1 is 1.17 bits per heavy atom. The average Bonchev–Trinajstić information content (AvgIpc) is 2.46. The predicted molar refractivity (Wildman–Crippen MR) is 75.7 cm³/mol. The van der Waals surface area contributed by atoms with E-state index in [2.05, 4.69) is 41.0 Å². The lowest BCUT2D eigenvalue weighted by Crippen LogP contribution is -2.58. The van der Waals surface area contributed by atoms with Gasteiger partial charge in [-0.2, -0.15) is 0 Å². The zero-order valence-electron chi connectivity index (χ0n) is 11.1. The number of hydrogen-bond donors (Lipinski definition) is 2. The summed E-state index contributed by atoms with van der Waals surface area (Å²) in [6.45, 7) is 2.41. The Morgan fingerprint density at radius 2 is 2.06 bits per heavy atom. The molecule has 2 heteroatoms. The summed E-state index contributed by atoms with van der Waals surface area (Å²) < 4.78 is 0. The summed E-state index contributed by atoms with van der Waals surface area (Å²) in [7, 11) is 0. The number of nitrogens with one attached hydrogen (secondary N) is 2. The fourth-order valence-electron chi connectivity index (χ4n) is 3.46. The lowest BCUT2D eigenvalue weighted by atomic mass is 9.78. The highest BCUT2D eigenvalue weighted by atomic mass is 15.1. The second kappa shape index (κ2) is 5.85. The van der Waals surface area contributed by atoms with Gasteiger partial charge in [0.05, 0.1) is 0 Å². The fourth-order valence-corrected chi connectivity index (χ4v) is 3.46. The van der Waals surface area contributed by atoms with Gasteiger partial charge in [0.25, 0.3) is 0 Å². The van der Waals surface area contributed by atoms with E-state index in [9.17, 15) is 0 Å². The third kappa shape index (κ3) is 2.93. The predicted octanol–water partition coefficient (Wildman–Crippen LogP) is 2.35. The molecule has 2 bridgehead atoms. The van der Waals surface area contributed by atoms with Gasteiger partial charge in [0.2, 0.25) is 0 Å². The largest absolute Gasteiger partial charge is 0.312 e. The van der Waals surface area contributed by atoms with Crippen molar-refractivity contribution in [2.45, 2.75) is 44.2 Å². The first-order valence-electron chi connectivity index (χ1n) is 7.42. The summed E-state index contributed by atoms with van der Waals surface area (Å²) in [5, 5.41) is 7.43. The van der Waals surface area contributed by atoms with Crippen molar-refractivity contribution in [3.05, 3.63) is 35.9 Å². The molecule has 2 aliphatic heterocycles. The van der Waals surface area contributed by atoms with Crippen LogP contribution in [-0.2, 0) is 6.42 Å². The number of hydrogen-bond acceptors (Lipinski definition) is 2. The molecule has 3 unspecified atom stereocenters. The van der Waals surface area contributed by atoms with Gasteiger partial charge in [-0.15, -0.1) is 0 Å². The number of rotatable bonds is 5. The molecule has 3 atom stereocenters. The second-order valence-electron chi connectivity index (χ2n) is 5.84. The summed E-state index contributed by atoms with van der Waals surface area (Å²) in [5.41, 5.74) is 1.46. The van der Waals surface area contributed by atoms with Gasteiger partial charge in [-0.1, -0.05) is 30.3 Å². The molecule has 3 aliphatic rings. The molecule has 1 saturated carbocycles. The zero-order valence-corrected chi connectivity index (χ0v) is 11.1. The quantitative estimate of drug-likeness (QED) is 0.777. The molecule has 2 nitrogen and oxygen atoms in total. The van der Waals surface area contributed by atoms with E-state index >= 15 is 0 Å². The van der Waals surface area contributed by atoms with Crippen LogP contribution in [0.15, 0.2) is 30.3 Å². The van der Waals surface area contributed by atoms with Crippen LogP contribution < -0.4 is 10.6 Å². The molecule has 2 N–H and O–H groups in total. The normalized spacial score (nSPS) is 30.6. The van der Waals surface area contributed by atoms with Crippen LogP contribution in [0.3, 0.4) is 0 Å². The lowest BCUT2D eigenvalue weighted by Gasteiger charge is -2.43. The molecule has 1 aromatic carbocycles. The minimum atomic E-state index is 0.730. The Hall–Kier alpha value is -0.860. The molecule has 2 heterocycles. The summed E-state index contributed by atoms with van der Waals surface area (Å²) in [6.07, 6.45) is 6.66. The van der Waals surface area contributed by atoms with Crippen LogP contribution in [0.5, 0.6) is 0 Å². The molecule has 0 spiro atoms. The van der Waals surface area contributed by atoms with Crippen LogP contribution in [-0.4, -0.2) is 25.2 Å². The van der Waals surface area contributed by atoms with E-state index in [1.165, 1.54) is 44.2 Å². The first kappa shape index (κ1) is 12.2. The number of piperidine rings is 2.